The minimum atomic E-state index is 0. The molecule has 0 fully saturated rings. The Kier molecular flexibility index (Phi) is 103. The summed E-state index contributed by atoms with van der Waals surface area (Å²) in [7, 11) is 0. The van der Waals surface area contributed by atoms with Crippen LogP contribution >= 0.6 is 0 Å². The Hall–Kier alpha value is 5.07. The van der Waals surface area contributed by atoms with E-state index in [1.807, 2.05) is 0 Å². The van der Waals surface area contributed by atoms with Crippen molar-refractivity contribution in [3.63, 3.8) is 0 Å². The smallest absolute Gasteiger partial charge is 0 e. The molecule has 0 heterocycles. The number of hydrogen-bond donors (Lipinski definition) is 0. The van der Waals surface area contributed by atoms with Crippen LogP contribution in [0.1, 0.15) is 0 Å². The standard InChI is InChI=1S/Dy.Nd.O.Pr.Tb. The van der Waals surface area contributed by atoms with Crippen molar-refractivity contribution in [2.45, 2.75) is 0 Å². The van der Waals surface area contributed by atoms with Crippen LogP contribution in [0.25, 0.3) is 0 Å². The van der Waals surface area contributed by atoms with Gasteiger partial charge in [-0.1, -0.05) is 0 Å². The minimum absolute atomic E-state index is 0. The fourth-order valence-corrected chi connectivity index (χ4v) is 0. The summed E-state index contributed by atoms with van der Waals surface area (Å²) in [6, 6.07) is 0. The molecule has 5 heavy (non-hydrogen) atoms. The Morgan fingerprint density at radius 2 is 1.20 bits per heavy atom. The van der Waals surface area contributed by atoms with E-state index < -0.39 is 0 Å². The van der Waals surface area contributed by atoms with Gasteiger partial charge in [-0.25, -0.2) is 0 Å². The minimum Gasteiger partial charge on any atom is 0 e. The zero-order valence-electron chi connectivity index (χ0n) is 2.14. The predicted octanol–water partition coefficient (Wildman–Crippen LogP) is -0.119. The van der Waals surface area contributed by atoms with Crippen LogP contribution in [0.2, 0.25) is 0 Å². The Bertz CT molecular complexity index is 11.6. The van der Waals surface area contributed by atoms with Crippen molar-refractivity contribution in [2.24, 2.45) is 0 Å². The molecule has 0 rings (SSSR count). The molecule has 0 atom stereocenters. The zero-order valence-corrected chi connectivity index (χ0v) is 13.2. The van der Waals surface area contributed by atoms with Crippen molar-refractivity contribution in [1.29, 1.82) is 0 Å². The Morgan fingerprint density at radius 3 is 1.20 bits per heavy atom. The SMILES string of the molecule is [Dy].[O]=[Nd].[Pr].[Tb]. The van der Waals surface area contributed by atoms with Gasteiger partial charge in [-0.05, 0) is 0 Å². The van der Waals surface area contributed by atoms with Crippen LogP contribution in [0.3, 0.4) is 0 Å². The normalized spacial score (nSPS) is 0.600. The van der Waals surface area contributed by atoms with Crippen molar-refractivity contribution in [3.05, 3.63) is 0 Å². The summed E-state index contributed by atoms with van der Waals surface area (Å²) < 4.78 is 8.39. The van der Waals surface area contributed by atoms with E-state index >= 15 is 0 Å². The van der Waals surface area contributed by atoms with Gasteiger partial charge in [0.15, 0.2) is 0 Å². The van der Waals surface area contributed by atoms with Crippen LogP contribution in [-0.2, 0) is 1.05 Å². The number of rotatable bonds is 0. The van der Waals surface area contributed by atoms with Crippen LogP contribution in [0.4, 0.5) is 0 Å². The van der Waals surface area contributed by atoms with Gasteiger partial charge in [0.05, 0.1) is 0 Å². The first-order chi connectivity index (χ1) is 1.00. The van der Waals surface area contributed by atoms with Gasteiger partial charge in [-0.15, -0.1) is 0 Å². The quantitative estimate of drug-likeness (QED) is 0.369. The molecule has 2 radical (unpaired) electrons. The fraction of sp³-hybridized carbons (Fsp3) is 0. The molecule has 0 aliphatic rings. The maximum Gasteiger partial charge on any atom is 0 e. The van der Waals surface area contributed by atoms with E-state index in [0.717, 1.165) is 0 Å². The molecule has 5 heteroatoms. The Balaban J connectivity index is -0.00000000167. The predicted molar refractivity (Wildman–Crippen MR) is 0.686 cm³/mol. The summed E-state index contributed by atoms with van der Waals surface area (Å²) in [5.74, 6) is 0. The van der Waals surface area contributed by atoms with Gasteiger partial charge in [0.25, 0.3) is 0 Å². The Labute approximate surface area is 152 Å². The molecule has 0 bridgehead atoms. The molecule has 0 aliphatic carbocycles. The molecule has 0 saturated carbocycles. The molecule has 1 nitrogen and oxygen atoms in total. The zero-order chi connectivity index (χ0) is 2.00. The van der Waals surface area contributed by atoms with Crippen molar-refractivity contribution in [2.75, 3.05) is 0 Å². The summed E-state index contributed by atoms with van der Waals surface area (Å²) in [5, 5.41) is 0. The van der Waals surface area contributed by atoms with Crippen LogP contribution in [-0.4, -0.2) is 0 Å². The van der Waals surface area contributed by atoms with Gasteiger partial charge < -0.3 is 0 Å². The third kappa shape index (κ3) is 17.6. The molecule has 0 aromatic heterocycles. The molecular formula is DyNdOPrTb. The third-order valence-electron chi connectivity index (χ3n) is 0. The summed E-state index contributed by atoms with van der Waals surface area (Å²) in [6.45, 7) is 0. The molecule has 0 amide bonds. The summed E-state index contributed by atoms with van der Waals surface area (Å²) >= 11 is 0.0556. The van der Waals surface area contributed by atoms with E-state index in [1.54, 1.807) is 0 Å². The van der Waals surface area contributed by atoms with E-state index in [-0.39, 0.29) is 157 Å². The first-order valence-electron chi connectivity index (χ1n) is 0.204. The average Bonchev–Trinajstić information content (AvgIpc) is 1.00. The van der Waals surface area contributed by atoms with Gasteiger partial charge in [-0.3, -0.25) is 0 Å². The molecular weight excluding hydrogens is 623 g/mol. The second kappa shape index (κ2) is 23.0. The van der Waals surface area contributed by atoms with E-state index in [4.69, 9.17) is 1.05 Å². The number of hydrogen-bond acceptors (Lipinski definition) is 1. The first-order valence-corrected chi connectivity index (χ1v) is 1.51. The van der Waals surface area contributed by atoms with Crippen molar-refractivity contribution in [3.8, 4) is 0 Å². The van der Waals surface area contributed by atoms with E-state index in [2.05, 4.69) is 0 Å². The van der Waals surface area contributed by atoms with Gasteiger partial charge in [0, 0.05) is 118 Å². The molecule has 0 aromatic carbocycles. The van der Waals surface area contributed by atoms with Gasteiger partial charge in [-0.2, -0.15) is 0 Å². The van der Waals surface area contributed by atoms with Crippen LogP contribution in [0.5, 0.6) is 0 Å². The van der Waals surface area contributed by atoms with Crippen LogP contribution < -0.4 is 0 Å². The Morgan fingerprint density at radius 1 is 1.20 bits per heavy atom. The average molecular weight is 623 g/mol. The molecule has 0 aliphatic heterocycles. The summed E-state index contributed by atoms with van der Waals surface area (Å²) in [5.41, 5.74) is 0. The second-order valence-corrected chi connectivity index (χ2v) is 0. The largest absolute Gasteiger partial charge is 0 e. The molecule has 0 unspecified atom stereocenters. The topological polar surface area (TPSA) is 17.1 Å². The fourth-order valence-electron chi connectivity index (χ4n) is 0. The van der Waals surface area contributed by atoms with Gasteiger partial charge >= 0.3 is 39.9 Å². The molecule has 0 aromatic rings. The first kappa shape index (κ1) is 22.5. The molecule has 0 spiro atoms. The van der Waals surface area contributed by atoms with Crippen LogP contribution in [0.15, 0.2) is 0 Å². The second-order valence-electron chi connectivity index (χ2n) is 0. The van der Waals surface area contributed by atoms with Gasteiger partial charge in [0.2, 0.25) is 0 Å². The van der Waals surface area contributed by atoms with E-state index in [0.29, 0.717) is 0 Å². The molecule has 0 saturated heterocycles. The van der Waals surface area contributed by atoms with Crippen LogP contribution in [0, 0.1) is 157 Å². The van der Waals surface area contributed by atoms with Gasteiger partial charge in [0.1, 0.15) is 0 Å². The van der Waals surface area contributed by atoms with E-state index in [1.165, 1.54) is 0 Å². The van der Waals surface area contributed by atoms with E-state index in [9.17, 15) is 0 Å². The third-order valence-corrected chi connectivity index (χ3v) is 0. The van der Waals surface area contributed by atoms with Crippen molar-refractivity contribution < 1.29 is 158 Å². The van der Waals surface area contributed by atoms with Crippen molar-refractivity contribution >= 4 is 0 Å². The maximum absolute atomic E-state index is 8.39. The summed E-state index contributed by atoms with van der Waals surface area (Å²) in [6.07, 6.45) is 0. The molecule has 0 N–H and O–H groups in total. The van der Waals surface area contributed by atoms with Crippen molar-refractivity contribution in [1.82, 2.24) is 0 Å². The monoisotopic (exact) mass is 622 g/mol. The molecule has 32 valence electrons. The maximum atomic E-state index is 8.39. The summed E-state index contributed by atoms with van der Waals surface area (Å²) in [4.78, 5) is 0.